The molecule has 0 saturated carbocycles. The summed E-state index contributed by atoms with van der Waals surface area (Å²) in [7, 11) is 0. The van der Waals surface area contributed by atoms with Crippen LogP contribution in [0.2, 0.25) is 0 Å². The number of carbonyl (C=O) groups is 1. The fourth-order valence-electron chi connectivity index (χ4n) is 1.33. The zero-order valence-corrected chi connectivity index (χ0v) is 7.67. The van der Waals surface area contributed by atoms with Crippen LogP contribution >= 0.6 is 24.4 Å². The minimum atomic E-state index is -0.308. The minimum Gasteiger partial charge on any atom is -0.340 e. The summed E-state index contributed by atoms with van der Waals surface area (Å²) in [4.78, 5) is 12.4. The van der Waals surface area contributed by atoms with Gasteiger partial charge in [-0.05, 0) is 6.08 Å². The van der Waals surface area contributed by atoms with E-state index in [1.807, 2.05) is 6.08 Å². The summed E-state index contributed by atoms with van der Waals surface area (Å²) in [5.41, 5.74) is 0.836. The van der Waals surface area contributed by atoms with Gasteiger partial charge in [0.15, 0.2) is 5.78 Å². The Labute approximate surface area is 80.3 Å². The van der Waals surface area contributed by atoms with Crippen molar-refractivity contribution in [2.75, 3.05) is 0 Å². The Hall–Kier alpha value is -0.870. The van der Waals surface area contributed by atoms with Gasteiger partial charge in [-0.15, -0.1) is 0 Å². The predicted molar refractivity (Wildman–Crippen MR) is 54.1 cm³/mol. The van der Waals surface area contributed by atoms with E-state index in [0.717, 1.165) is 5.57 Å². The van der Waals surface area contributed by atoms with Gasteiger partial charge in [0.05, 0.1) is 4.99 Å². The highest BCUT2D eigenvalue weighted by Crippen LogP contribution is 2.24. The number of nitrogens with one attached hydrogen (secondary N) is 1. The molecule has 0 aromatic heterocycles. The molecule has 1 heterocycles. The van der Waals surface area contributed by atoms with E-state index in [9.17, 15) is 4.79 Å². The molecule has 1 aliphatic heterocycles. The van der Waals surface area contributed by atoms with Gasteiger partial charge in [0.25, 0.3) is 0 Å². The van der Waals surface area contributed by atoms with Crippen molar-refractivity contribution in [3.8, 4) is 0 Å². The Kier molecular flexibility index (Phi) is 1.66. The van der Waals surface area contributed by atoms with Gasteiger partial charge in [-0.25, -0.2) is 0 Å². The number of allylic oxidation sites excluding steroid dienone is 3. The third-order valence-corrected chi connectivity index (χ3v) is 2.57. The Morgan fingerprint density at radius 3 is 2.83 bits per heavy atom. The molecule has 0 aromatic rings. The third-order valence-electron chi connectivity index (χ3n) is 1.89. The van der Waals surface area contributed by atoms with Crippen LogP contribution in [0.4, 0.5) is 0 Å². The van der Waals surface area contributed by atoms with Crippen LogP contribution in [0.15, 0.2) is 23.8 Å². The molecule has 0 aromatic carbocycles. The standard InChI is InChI=1S/C8H5NOS2/c10-5-3-1-2-4-6(5)8(12)9-7(4)11/h1-3,6H,(H,9,11,12). The predicted octanol–water partition coefficient (Wildman–Crippen LogP) is 0.926. The van der Waals surface area contributed by atoms with Crippen molar-refractivity contribution >= 4 is 40.2 Å². The van der Waals surface area contributed by atoms with Gasteiger partial charge in [0.1, 0.15) is 10.9 Å². The minimum absolute atomic E-state index is 0.0184. The number of rotatable bonds is 0. The normalized spacial score (nSPS) is 26.8. The second kappa shape index (κ2) is 2.57. The van der Waals surface area contributed by atoms with Crippen LogP contribution in [0.25, 0.3) is 0 Å². The molecule has 1 N–H and O–H groups in total. The molecule has 1 fully saturated rings. The molecule has 60 valence electrons. The van der Waals surface area contributed by atoms with Crippen LogP contribution in [0.3, 0.4) is 0 Å². The Morgan fingerprint density at radius 1 is 1.42 bits per heavy atom. The molecule has 0 amide bonds. The number of ketones is 1. The summed E-state index contributed by atoms with van der Waals surface area (Å²) in [5, 5.41) is 2.82. The lowest BCUT2D eigenvalue weighted by Gasteiger charge is -2.08. The topological polar surface area (TPSA) is 29.1 Å². The van der Waals surface area contributed by atoms with Gasteiger partial charge in [-0.1, -0.05) is 36.6 Å². The first-order chi connectivity index (χ1) is 5.70. The maximum atomic E-state index is 11.3. The first-order valence-corrected chi connectivity index (χ1v) is 4.29. The smallest absolute Gasteiger partial charge is 0.170 e. The van der Waals surface area contributed by atoms with Crippen LogP contribution in [-0.4, -0.2) is 15.8 Å². The van der Waals surface area contributed by atoms with E-state index in [1.54, 1.807) is 6.08 Å². The Balaban J connectivity index is 2.51. The molecule has 1 saturated heterocycles. The molecule has 0 spiro atoms. The molecular formula is C8H5NOS2. The van der Waals surface area contributed by atoms with E-state index in [-0.39, 0.29) is 11.7 Å². The van der Waals surface area contributed by atoms with E-state index in [1.165, 1.54) is 6.08 Å². The third kappa shape index (κ3) is 0.956. The van der Waals surface area contributed by atoms with Crippen LogP contribution in [0.1, 0.15) is 0 Å². The number of carbonyl (C=O) groups excluding carboxylic acids is 1. The molecule has 1 atom stereocenters. The quantitative estimate of drug-likeness (QED) is 0.582. The molecule has 2 rings (SSSR count). The fourth-order valence-corrected chi connectivity index (χ4v) is 2.03. The lowest BCUT2D eigenvalue weighted by atomic mass is 9.93. The monoisotopic (exact) mass is 195 g/mol. The zero-order valence-electron chi connectivity index (χ0n) is 6.03. The highest BCUT2D eigenvalue weighted by Gasteiger charge is 2.35. The molecule has 1 aliphatic carbocycles. The first-order valence-electron chi connectivity index (χ1n) is 3.47. The van der Waals surface area contributed by atoms with Gasteiger partial charge in [0.2, 0.25) is 0 Å². The van der Waals surface area contributed by atoms with Crippen molar-refractivity contribution < 1.29 is 4.79 Å². The molecular weight excluding hydrogens is 190 g/mol. The summed E-state index contributed by atoms with van der Waals surface area (Å²) in [6.07, 6.45) is 5.06. The lowest BCUT2D eigenvalue weighted by Crippen LogP contribution is -2.23. The maximum absolute atomic E-state index is 11.3. The second-order valence-electron chi connectivity index (χ2n) is 2.63. The highest BCUT2D eigenvalue weighted by atomic mass is 32.1. The molecule has 2 nitrogen and oxygen atoms in total. The average molecular weight is 195 g/mol. The van der Waals surface area contributed by atoms with Crippen LogP contribution in [0, 0.1) is 5.92 Å². The second-order valence-corrected chi connectivity index (χ2v) is 3.48. The summed E-state index contributed by atoms with van der Waals surface area (Å²) in [6.45, 7) is 0. The number of fused-ring (bicyclic) bond motifs is 1. The lowest BCUT2D eigenvalue weighted by molar-refractivity contribution is -0.115. The fraction of sp³-hybridized carbons (Fsp3) is 0.125. The van der Waals surface area contributed by atoms with Gasteiger partial charge in [-0.3, -0.25) is 4.79 Å². The summed E-state index contributed by atoms with van der Waals surface area (Å²) < 4.78 is 0. The van der Waals surface area contributed by atoms with Crippen molar-refractivity contribution in [1.82, 2.24) is 5.32 Å². The Morgan fingerprint density at radius 2 is 2.17 bits per heavy atom. The van der Waals surface area contributed by atoms with Gasteiger partial charge >= 0.3 is 0 Å². The highest BCUT2D eigenvalue weighted by molar-refractivity contribution is 7.82. The van der Waals surface area contributed by atoms with Gasteiger partial charge < -0.3 is 5.32 Å². The largest absolute Gasteiger partial charge is 0.340 e. The molecule has 0 bridgehead atoms. The van der Waals surface area contributed by atoms with Crippen LogP contribution < -0.4 is 5.32 Å². The molecule has 1 unspecified atom stereocenters. The van der Waals surface area contributed by atoms with Crippen molar-refractivity contribution in [2.24, 2.45) is 5.92 Å². The Bertz CT molecular complexity index is 352. The van der Waals surface area contributed by atoms with Crippen molar-refractivity contribution in [3.63, 3.8) is 0 Å². The SMILES string of the molecule is O=C1C=CC=C2C(=S)NC(=S)C12. The summed E-state index contributed by atoms with van der Waals surface area (Å²) >= 11 is 9.97. The van der Waals surface area contributed by atoms with Crippen LogP contribution in [0.5, 0.6) is 0 Å². The molecule has 12 heavy (non-hydrogen) atoms. The zero-order chi connectivity index (χ0) is 8.72. The van der Waals surface area contributed by atoms with E-state index in [0.29, 0.717) is 9.98 Å². The molecule has 4 heteroatoms. The van der Waals surface area contributed by atoms with Gasteiger partial charge in [-0.2, -0.15) is 0 Å². The van der Waals surface area contributed by atoms with Gasteiger partial charge in [0, 0.05) is 5.57 Å². The van der Waals surface area contributed by atoms with E-state index < -0.39 is 0 Å². The molecule has 0 radical (unpaired) electrons. The summed E-state index contributed by atoms with van der Waals surface area (Å²) in [6, 6.07) is 0. The maximum Gasteiger partial charge on any atom is 0.170 e. The van der Waals surface area contributed by atoms with Crippen molar-refractivity contribution in [3.05, 3.63) is 23.8 Å². The molecule has 2 aliphatic rings. The first kappa shape index (κ1) is 7.76. The van der Waals surface area contributed by atoms with E-state index in [2.05, 4.69) is 5.32 Å². The van der Waals surface area contributed by atoms with E-state index in [4.69, 9.17) is 24.4 Å². The number of thiocarbonyl (C=S) groups is 2. The van der Waals surface area contributed by atoms with Crippen LogP contribution in [-0.2, 0) is 4.79 Å². The average Bonchev–Trinajstić information content (AvgIpc) is 2.29. The van der Waals surface area contributed by atoms with E-state index >= 15 is 0 Å². The van der Waals surface area contributed by atoms with Crippen molar-refractivity contribution in [2.45, 2.75) is 0 Å². The summed E-state index contributed by atoms with van der Waals surface area (Å²) in [5.74, 6) is -0.289. The van der Waals surface area contributed by atoms with Crippen molar-refractivity contribution in [1.29, 1.82) is 0 Å². The number of hydrogen-bond donors (Lipinski definition) is 1. The number of hydrogen-bond acceptors (Lipinski definition) is 3.